The van der Waals surface area contributed by atoms with Gasteiger partial charge in [-0.2, -0.15) is 0 Å². The zero-order valence-corrected chi connectivity index (χ0v) is 29.6. The molecule has 0 spiro atoms. The Morgan fingerprint density at radius 1 is 0.923 bits per heavy atom. The van der Waals surface area contributed by atoms with Crippen molar-refractivity contribution >= 4 is 22.6 Å². The fourth-order valence-corrected chi connectivity index (χ4v) is 11.1. The molecule has 0 aromatic carbocycles. The molecular weight excluding hydrogens is 517 g/mol. The van der Waals surface area contributed by atoms with E-state index in [1.54, 1.807) is 12.5 Å². The molecule has 6 heteroatoms. The Hall–Kier alpha value is -0.436. The summed E-state index contributed by atoms with van der Waals surface area (Å²) in [6.07, 6.45) is 10.9. The highest BCUT2D eigenvalue weighted by molar-refractivity contribution is 6.74. The molecule has 0 radical (unpaired) electrons. The van der Waals surface area contributed by atoms with Gasteiger partial charge >= 0.3 is 5.97 Å². The quantitative estimate of drug-likeness (QED) is 0.186. The molecule has 224 valence electrons. The first-order valence-corrected chi connectivity index (χ1v) is 21.7. The SMILES string of the molecule is CC(=O)O[C@H]1CC[C@@]2(C)C(=CC[C@H]3[C@@H]4[C@@H](O[Si](C)(C)C(C)(C)C)C[C@H](O[Si](C)(C)C(C)(C)C)[C@@]4(C)CC[C@@H]32)C1. The minimum absolute atomic E-state index is 0.0516. The molecule has 0 unspecified atom stereocenters. The summed E-state index contributed by atoms with van der Waals surface area (Å²) < 4.78 is 20.4. The molecule has 0 aromatic heterocycles. The summed E-state index contributed by atoms with van der Waals surface area (Å²) in [5.41, 5.74) is 1.92. The lowest BCUT2D eigenvalue weighted by Crippen LogP contribution is -2.55. The van der Waals surface area contributed by atoms with Gasteiger partial charge in [-0.15, -0.1) is 0 Å². The number of esters is 1. The predicted octanol–water partition coefficient (Wildman–Crippen LogP) is 9.27. The first kappa shape index (κ1) is 31.5. The first-order chi connectivity index (χ1) is 17.6. The topological polar surface area (TPSA) is 44.8 Å². The monoisotopic (exact) mass is 576 g/mol. The highest BCUT2D eigenvalue weighted by atomic mass is 28.4. The minimum Gasteiger partial charge on any atom is -0.462 e. The highest BCUT2D eigenvalue weighted by Crippen LogP contribution is 2.66. The molecule has 4 rings (SSSR count). The van der Waals surface area contributed by atoms with Gasteiger partial charge in [-0.1, -0.05) is 67.0 Å². The van der Waals surface area contributed by atoms with Crippen LogP contribution in [0.1, 0.15) is 107 Å². The van der Waals surface area contributed by atoms with Crippen LogP contribution in [0.5, 0.6) is 0 Å². The van der Waals surface area contributed by atoms with Gasteiger partial charge in [0.05, 0.1) is 12.2 Å². The van der Waals surface area contributed by atoms with E-state index in [0.717, 1.165) is 32.1 Å². The molecular formula is C33H60O4Si2. The molecule has 8 atom stereocenters. The number of fused-ring (bicyclic) bond motifs is 5. The third-order valence-corrected chi connectivity index (χ3v) is 21.8. The van der Waals surface area contributed by atoms with E-state index in [0.29, 0.717) is 17.8 Å². The summed E-state index contributed by atoms with van der Waals surface area (Å²) >= 11 is 0. The van der Waals surface area contributed by atoms with Crippen molar-refractivity contribution < 1.29 is 18.4 Å². The summed E-state index contributed by atoms with van der Waals surface area (Å²) in [4.78, 5) is 11.7. The van der Waals surface area contributed by atoms with Crippen molar-refractivity contribution in [3.8, 4) is 0 Å². The second-order valence-corrected chi connectivity index (χ2v) is 26.7. The Morgan fingerprint density at radius 2 is 1.51 bits per heavy atom. The smallest absolute Gasteiger partial charge is 0.302 e. The van der Waals surface area contributed by atoms with Crippen LogP contribution in [-0.4, -0.2) is 40.9 Å². The Bertz CT molecular complexity index is 973. The fraction of sp³-hybridized carbons (Fsp3) is 0.909. The lowest BCUT2D eigenvalue weighted by molar-refractivity contribution is -0.149. The average molecular weight is 577 g/mol. The third-order valence-electron chi connectivity index (χ3n) is 12.8. The number of rotatable bonds is 5. The average Bonchev–Trinajstić information content (AvgIpc) is 3.02. The standard InChI is InChI=1S/C33H60O4Si2/c1-22(34)35-24-16-18-32(8)23(20-24)14-15-25-26(32)17-19-33(9)28(37-39(12,13)31(5,6)7)21-27(29(25)33)36-38(10,11)30(2,3)4/h14,24-29H,15-21H2,1-13H3/t24-,25+,26-,27-,28-,29+,32-,33+/m0/s1. The van der Waals surface area contributed by atoms with E-state index in [-0.39, 0.29) is 45.2 Å². The summed E-state index contributed by atoms with van der Waals surface area (Å²) in [5, 5.41) is 0.390. The van der Waals surface area contributed by atoms with E-state index < -0.39 is 16.6 Å². The van der Waals surface area contributed by atoms with Gasteiger partial charge in [0.2, 0.25) is 0 Å². The molecule has 4 aliphatic rings. The number of carbonyl (C=O) groups is 1. The number of ether oxygens (including phenoxy) is 1. The van der Waals surface area contributed by atoms with Crippen LogP contribution in [0, 0.1) is 28.6 Å². The zero-order valence-electron chi connectivity index (χ0n) is 27.6. The van der Waals surface area contributed by atoms with Crippen molar-refractivity contribution in [3.63, 3.8) is 0 Å². The summed E-state index contributed by atoms with van der Waals surface area (Å²) in [5.74, 6) is 1.69. The maximum Gasteiger partial charge on any atom is 0.302 e. The Labute approximate surface area is 242 Å². The van der Waals surface area contributed by atoms with Crippen LogP contribution in [-0.2, 0) is 18.4 Å². The molecule has 0 N–H and O–H groups in total. The molecule has 3 fully saturated rings. The van der Waals surface area contributed by atoms with Crippen LogP contribution >= 0.6 is 0 Å². The molecule has 4 aliphatic carbocycles. The summed E-state index contributed by atoms with van der Waals surface area (Å²) in [7, 11) is -3.87. The zero-order chi connectivity index (χ0) is 29.4. The van der Waals surface area contributed by atoms with Gasteiger partial charge in [0.25, 0.3) is 0 Å². The second-order valence-electron chi connectivity index (χ2n) is 17.2. The van der Waals surface area contributed by atoms with Gasteiger partial charge in [-0.3, -0.25) is 4.79 Å². The van der Waals surface area contributed by atoms with E-state index in [1.165, 1.54) is 12.8 Å². The van der Waals surface area contributed by atoms with Gasteiger partial charge in [0.1, 0.15) is 6.10 Å². The van der Waals surface area contributed by atoms with Crippen LogP contribution in [0.4, 0.5) is 0 Å². The summed E-state index contributed by atoms with van der Waals surface area (Å²) in [6, 6.07) is 0. The minimum atomic E-state index is -1.95. The molecule has 0 saturated heterocycles. The van der Waals surface area contributed by atoms with Crippen LogP contribution in [0.3, 0.4) is 0 Å². The number of allylic oxidation sites excluding steroid dienone is 1. The molecule has 0 amide bonds. The number of hydrogen-bond donors (Lipinski definition) is 0. The Morgan fingerprint density at radius 3 is 2.08 bits per heavy atom. The highest BCUT2D eigenvalue weighted by Gasteiger charge is 2.64. The number of hydrogen-bond acceptors (Lipinski definition) is 4. The predicted molar refractivity (Wildman–Crippen MR) is 167 cm³/mol. The molecule has 0 heterocycles. The second kappa shape index (κ2) is 10.1. The molecule has 0 aromatic rings. The van der Waals surface area contributed by atoms with E-state index in [9.17, 15) is 4.79 Å². The van der Waals surface area contributed by atoms with Crippen molar-refractivity contribution in [1.82, 2.24) is 0 Å². The summed E-state index contributed by atoms with van der Waals surface area (Å²) in [6.45, 7) is 30.6. The Balaban J connectivity index is 1.70. The Kier molecular flexibility index (Phi) is 8.15. The van der Waals surface area contributed by atoms with Crippen LogP contribution in [0.25, 0.3) is 0 Å². The largest absolute Gasteiger partial charge is 0.462 e. The van der Waals surface area contributed by atoms with E-state index in [1.807, 2.05) is 0 Å². The fourth-order valence-electron chi connectivity index (χ4n) is 8.34. The van der Waals surface area contributed by atoms with Gasteiger partial charge in [0, 0.05) is 13.3 Å². The normalized spacial score (nSPS) is 39.4. The van der Waals surface area contributed by atoms with Crippen LogP contribution in [0.15, 0.2) is 11.6 Å². The van der Waals surface area contributed by atoms with Crippen molar-refractivity contribution in [2.24, 2.45) is 28.6 Å². The van der Waals surface area contributed by atoms with E-state index in [2.05, 4.69) is 87.7 Å². The first-order valence-electron chi connectivity index (χ1n) is 15.8. The molecule has 0 bridgehead atoms. The third kappa shape index (κ3) is 5.55. The lowest BCUT2D eigenvalue weighted by atomic mass is 9.47. The molecule has 4 nitrogen and oxygen atoms in total. The van der Waals surface area contributed by atoms with Crippen molar-refractivity contribution in [1.29, 1.82) is 0 Å². The van der Waals surface area contributed by atoms with Crippen molar-refractivity contribution in [2.75, 3.05) is 0 Å². The molecule has 39 heavy (non-hydrogen) atoms. The van der Waals surface area contributed by atoms with Crippen molar-refractivity contribution in [3.05, 3.63) is 11.6 Å². The maximum atomic E-state index is 11.7. The molecule has 0 aliphatic heterocycles. The van der Waals surface area contributed by atoms with Gasteiger partial charge in [-0.05, 0) is 103 Å². The van der Waals surface area contributed by atoms with E-state index in [4.69, 9.17) is 13.6 Å². The van der Waals surface area contributed by atoms with Gasteiger partial charge in [0.15, 0.2) is 16.6 Å². The van der Waals surface area contributed by atoms with Crippen LogP contribution < -0.4 is 0 Å². The van der Waals surface area contributed by atoms with Gasteiger partial charge < -0.3 is 13.6 Å². The lowest BCUT2D eigenvalue weighted by Gasteiger charge is -2.59. The van der Waals surface area contributed by atoms with Gasteiger partial charge in [-0.25, -0.2) is 0 Å². The van der Waals surface area contributed by atoms with E-state index >= 15 is 0 Å². The maximum absolute atomic E-state index is 11.7. The number of carbonyl (C=O) groups excluding carboxylic acids is 1. The van der Waals surface area contributed by atoms with Crippen molar-refractivity contribution in [2.45, 2.75) is 162 Å². The molecule has 3 saturated carbocycles. The van der Waals surface area contributed by atoms with Crippen LogP contribution in [0.2, 0.25) is 36.3 Å².